The van der Waals surface area contributed by atoms with Crippen LogP contribution in [0.2, 0.25) is 0 Å². The van der Waals surface area contributed by atoms with Crippen LogP contribution in [-0.2, 0) is 15.6 Å². The normalized spacial score (nSPS) is 13.4. The molecule has 2 aromatic rings. The molecule has 4 nitrogen and oxygen atoms in total. The molecule has 2 unspecified atom stereocenters. The third-order valence-corrected chi connectivity index (χ3v) is 4.43. The van der Waals surface area contributed by atoms with Crippen LogP contribution in [0.1, 0.15) is 10.8 Å². The van der Waals surface area contributed by atoms with E-state index in [1.54, 1.807) is 54.6 Å². The van der Waals surface area contributed by atoms with Gasteiger partial charge in [0, 0.05) is 4.90 Å². The van der Waals surface area contributed by atoms with Crippen molar-refractivity contribution in [3.63, 3.8) is 0 Å². The highest BCUT2D eigenvalue weighted by Crippen LogP contribution is 2.27. The highest BCUT2D eigenvalue weighted by molar-refractivity contribution is 7.86. The zero-order valence-electron chi connectivity index (χ0n) is 10.9. The second kappa shape index (κ2) is 6.34. The molecule has 0 aliphatic heterocycles. The number of carboxylic acids is 1. The molecule has 2 rings (SSSR count). The predicted molar refractivity (Wildman–Crippen MR) is 76.2 cm³/mol. The number of aliphatic carboxylic acids is 1. The Kier molecular flexibility index (Phi) is 4.53. The summed E-state index contributed by atoms with van der Waals surface area (Å²) < 4.78 is 17.6. The third kappa shape index (κ3) is 3.05. The lowest BCUT2D eigenvalue weighted by molar-refractivity contribution is -0.136. The number of hydrogen-bond acceptors (Lipinski definition) is 3. The van der Waals surface area contributed by atoms with Crippen LogP contribution in [-0.4, -0.2) is 22.4 Å². The van der Waals surface area contributed by atoms with Crippen molar-refractivity contribution in [2.24, 2.45) is 0 Å². The second-order valence-corrected chi connectivity index (χ2v) is 5.64. The Hall–Kier alpha value is -2.14. The molecule has 0 fully saturated rings. The largest absolute Gasteiger partial charge is 0.497 e. The quantitative estimate of drug-likeness (QED) is 0.919. The minimum atomic E-state index is -1.69. The van der Waals surface area contributed by atoms with Gasteiger partial charge in [0.25, 0.3) is 0 Å². The molecule has 0 saturated heterocycles. The van der Waals surface area contributed by atoms with Crippen molar-refractivity contribution in [2.45, 2.75) is 10.1 Å². The Morgan fingerprint density at radius 2 is 1.85 bits per heavy atom. The van der Waals surface area contributed by atoms with Crippen molar-refractivity contribution >= 4 is 16.8 Å². The molecule has 20 heavy (non-hydrogen) atoms. The van der Waals surface area contributed by atoms with Gasteiger partial charge in [-0.3, -0.25) is 9.00 Å². The van der Waals surface area contributed by atoms with Crippen LogP contribution < -0.4 is 4.74 Å². The van der Waals surface area contributed by atoms with Gasteiger partial charge in [-0.2, -0.15) is 0 Å². The van der Waals surface area contributed by atoms with Gasteiger partial charge in [0.05, 0.1) is 17.9 Å². The maximum absolute atomic E-state index is 12.5. The fourth-order valence-electron chi connectivity index (χ4n) is 1.85. The molecular formula is C15H14O4S. The number of carbonyl (C=O) groups is 1. The molecule has 2 atom stereocenters. The summed E-state index contributed by atoms with van der Waals surface area (Å²) in [6, 6.07) is 15.2. The fourth-order valence-corrected chi connectivity index (χ4v) is 3.15. The first-order valence-electron chi connectivity index (χ1n) is 5.96. The first kappa shape index (κ1) is 14.3. The zero-order chi connectivity index (χ0) is 14.5. The summed E-state index contributed by atoms with van der Waals surface area (Å²) in [5.41, 5.74) is 0.515. The molecule has 0 bridgehead atoms. The van der Waals surface area contributed by atoms with E-state index in [0.29, 0.717) is 16.2 Å². The van der Waals surface area contributed by atoms with E-state index in [0.717, 1.165) is 0 Å². The summed E-state index contributed by atoms with van der Waals surface area (Å²) in [5, 5.41) is 8.27. The van der Waals surface area contributed by atoms with Crippen LogP contribution in [0.4, 0.5) is 0 Å². The van der Waals surface area contributed by atoms with Gasteiger partial charge in [-0.05, 0) is 23.8 Å². The standard InChI is InChI=1S/C15H14O4S/c1-19-12-8-5-9-13(10-12)20(18)14(15(16)17)11-6-3-2-4-7-11/h2-10,14H,1H3,(H,16,17). The summed E-state index contributed by atoms with van der Waals surface area (Å²) in [5.74, 6) is -0.564. The maximum atomic E-state index is 12.5. The monoisotopic (exact) mass is 290 g/mol. The average Bonchev–Trinajstić information content (AvgIpc) is 2.48. The lowest BCUT2D eigenvalue weighted by atomic mass is 10.1. The van der Waals surface area contributed by atoms with Gasteiger partial charge < -0.3 is 9.84 Å². The van der Waals surface area contributed by atoms with Gasteiger partial charge in [0.15, 0.2) is 5.25 Å². The molecule has 5 heteroatoms. The Morgan fingerprint density at radius 1 is 1.15 bits per heavy atom. The third-order valence-electron chi connectivity index (χ3n) is 2.81. The van der Waals surface area contributed by atoms with Crippen LogP contribution in [0.5, 0.6) is 5.75 Å². The first-order valence-corrected chi connectivity index (χ1v) is 7.17. The van der Waals surface area contributed by atoms with Gasteiger partial charge in [-0.15, -0.1) is 0 Å². The van der Waals surface area contributed by atoms with Crippen LogP contribution in [0.15, 0.2) is 59.5 Å². The molecule has 0 spiro atoms. The lowest BCUT2D eigenvalue weighted by Gasteiger charge is -2.13. The highest BCUT2D eigenvalue weighted by atomic mass is 32.2. The average molecular weight is 290 g/mol. The van der Waals surface area contributed by atoms with E-state index in [-0.39, 0.29) is 0 Å². The topological polar surface area (TPSA) is 63.6 Å². The van der Waals surface area contributed by atoms with E-state index in [9.17, 15) is 14.1 Å². The Labute approximate surface area is 119 Å². The summed E-state index contributed by atoms with van der Waals surface area (Å²) >= 11 is 0. The van der Waals surface area contributed by atoms with Crippen LogP contribution in [0, 0.1) is 0 Å². The summed E-state index contributed by atoms with van der Waals surface area (Å²) in [7, 11) is -0.186. The van der Waals surface area contributed by atoms with Crippen molar-refractivity contribution in [1.29, 1.82) is 0 Å². The van der Waals surface area contributed by atoms with Crippen molar-refractivity contribution < 1.29 is 18.8 Å². The van der Waals surface area contributed by atoms with E-state index in [4.69, 9.17) is 4.74 Å². The highest BCUT2D eigenvalue weighted by Gasteiger charge is 2.27. The van der Waals surface area contributed by atoms with Crippen LogP contribution >= 0.6 is 0 Å². The molecule has 0 saturated carbocycles. The van der Waals surface area contributed by atoms with E-state index in [2.05, 4.69) is 0 Å². The summed E-state index contributed by atoms with van der Waals surface area (Å²) in [4.78, 5) is 11.9. The molecule has 1 N–H and O–H groups in total. The van der Waals surface area contributed by atoms with Gasteiger partial charge >= 0.3 is 5.97 Å². The smallest absolute Gasteiger partial charge is 0.324 e. The van der Waals surface area contributed by atoms with Crippen molar-refractivity contribution in [2.75, 3.05) is 7.11 Å². The lowest BCUT2D eigenvalue weighted by Crippen LogP contribution is -2.17. The van der Waals surface area contributed by atoms with E-state index in [1.165, 1.54) is 7.11 Å². The Bertz CT molecular complexity index is 625. The summed E-state index contributed by atoms with van der Waals surface area (Å²) in [6.07, 6.45) is 0. The van der Waals surface area contributed by atoms with Gasteiger partial charge in [-0.1, -0.05) is 36.4 Å². The van der Waals surface area contributed by atoms with Crippen LogP contribution in [0.3, 0.4) is 0 Å². The molecule has 0 aliphatic rings. The van der Waals surface area contributed by atoms with E-state index < -0.39 is 22.0 Å². The molecule has 0 heterocycles. The van der Waals surface area contributed by atoms with E-state index in [1.807, 2.05) is 0 Å². The number of ether oxygens (including phenoxy) is 1. The molecule has 0 aliphatic carbocycles. The van der Waals surface area contributed by atoms with Crippen molar-refractivity contribution in [3.05, 3.63) is 60.2 Å². The Balaban J connectivity index is 2.39. The minimum absolute atomic E-state index is 0.431. The van der Waals surface area contributed by atoms with Crippen LogP contribution in [0.25, 0.3) is 0 Å². The van der Waals surface area contributed by atoms with Gasteiger partial charge in [0.1, 0.15) is 5.75 Å². The SMILES string of the molecule is COc1cccc(S(=O)C(C(=O)O)c2ccccc2)c1. The van der Waals surface area contributed by atoms with Gasteiger partial charge in [-0.25, -0.2) is 0 Å². The number of benzene rings is 2. The summed E-state index contributed by atoms with van der Waals surface area (Å²) in [6.45, 7) is 0. The predicted octanol–water partition coefficient (Wildman–Crippen LogP) is 2.63. The zero-order valence-corrected chi connectivity index (χ0v) is 11.7. The number of hydrogen-bond donors (Lipinski definition) is 1. The van der Waals surface area contributed by atoms with Crippen molar-refractivity contribution in [1.82, 2.24) is 0 Å². The molecule has 0 amide bonds. The second-order valence-electron chi connectivity index (χ2n) is 4.11. The number of carboxylic acid groups (broad SMARTS) is 1. The Morgan fingerprint density at radius 3 is 2.45 bits per heavy atom. The molecule has 104 valence electrons. The minimum Gasteiger partial charge on any atom is -0.497 e. The molecule has 2 aromatic carbocycles. The van der Waals surface area contributed by atoms with E-state index >= 15 is 0 Å². The fraction of sp³-hybridized carbons (Fsp3) is 0.133. The van der Waals surface area contributed by atoms with Gasteiger partial charge in [0.2, 0.25) is 0 Å². The number of rotatable bonds is 5. The molecule has 0 aromatic heterocycles. The van der Waals surface area contributed by atoms with Crippen molar-refractivity contribution in [3.8, 4) is 5.75 Å². The molecule has 0 radical (unpaired) electrons. The maximum Gasteiger partial charge on any atom is 0.324 e. The molecular weight excluding hydrogens is 276 g/mol. The number of methoxy groups -OCH3 is 1. The first-order chi connectivity index (χ1) is 9.63.